The summed E-state index contributed by atoms with van der Waals surface area (Å²) in [6.45, 7) is 2.62. The minimum absolute atomic E-state index is 0.457. The van der Waals surface area contributed by atoms with Crippen molar-refractivity contribution in [3.05, 3.63) is 35.5 Å². The molecule has 4 nitrogen and oxygen atoms in total. The molecule has 0 aromatic carbocycles. The highest BCUT2D eigenvalue weighted by atomic mass is 35.5. The fraction of sp³-hybridized carbons (Fsp3) is 0.231. The van der Waals surface area contributed by atoms with Crippen LogP contribution in [0.4, 0.5) is 5.69 Å². The standard InChI is InChI=1S/C13H14ClN3OS/c1-2-8-18-12-10(15)5-6-11(17-12)19-13-9(14)4-3-7-16-13/h3-7H,2,8,15H2,1H3. The highest BCUT2D eigenvalue weighted by molar-refractivity contribution is 7.99. The van der Waals surface area contributed by atoms with Gasteiger partial charge in [0.1, 0.15) is 10.1 Å². The molecule has 0 amide bonds. The molecule has 0 fully saturated rings. The molecule has 19 heavy (non-hydrogen) atoms. The zero-order valence-electron chi connectivity index (χ0n) is 10.5. The zero-order chi connectivity index (χ0) is 13.7. The number of hydrogen-bond acceptors (Lipinski definition) is 5. The van der Waals surface area contributed by atoms with Gasteiger partial charge in [0.15, 0.2) is 0 Å². The second-order valence-corrected chi connectivity index (χ2v) is 5.20. The highest BCUT2D eigenvalue weighted by Crippen LogP contribution is 2.32. The Labute approximate surface area is 121 Å². The molecule has 0 saturated carbocycles. The molecular formula is C13H14ClN3OS. The maximum Gasteiger partial charge on any atom is 0.238 e. The summed E-state index contributed by atoms with van der Waals surface area (Å²) < 4.78 is 5.49. The van der Waals surface area contributed by atoms with Crippen LogP contribution in [0.1, 0.15) is 13.3 Å². The van der Waals surface area contributed by atoms with E-state index in [9.17, 15) is 0 Å². The normalized spacial score (nSPS) is 10.4. The number of ether oxygens (including phenoxy) is 1. The van der Waals surface area contributed by atoms with Crippen LogP contribution in [0.3, 0.4) is 0 Å². The molecule has 2 aromatic rings. The number of anilines is 1. The van der Waals surface area contributed by atoms with E-state index in [0.717, 1.165) is 11.4 Å². The highest BCUT2D eigenvalue weighted by Gasteiger charge is 2.08. The van der Waals surface area contributed by atoms with Crippen LogP contribution in [-0.4, -0.2) is 16.6 Å². The summed E-state index contributed by atoms with van der Waals surface area (Å²) >= 11 is 7.44. The van der Waals surface area contributed by atoms with Crippen LogP contribution in [0.15, 0.2) is 40.5 Å². The van der Waals surface area contributed by atoms with Crippen LogP contribution < -0.4 is 10.5 Å². The topological polar surface area (TPSA) is 61.0 Å². The molecule has 0 spiro atoms. The number of rotatable bonds is 5. The number of nitrogens with two attached hydrogens (primary N) is 1. The molecule has 2 rings (SSSR count). The minimum Gasteiger partial charge on any atom is -0.476 e. The largest absolute Gasteiger partial charge is 0.476 e. The SMILES string of the molecule is CCCOc1nc(Sc2ncccc2Cl)ccc1N. The molecule has 6 heteroatoms. The third kappa shape index (κ3) is 3.75. The Hall–Kier alpha value is -1.46. The quantitative estimate of drug-likeness (QED) is 0.912. The van der Waals surface area contributed by atoms with Gasteiger partial charge in [-0.3, -0.25) is 0 Å². The van der Waals surface area contributed by atoms with Gasteiger partial charge in [-0.1, -0.05) is 18.5 Å². The molecule has 2 heterocycles. The first kappa shape index (κ1) is 14.0. The molecular weight excluding hydrogens is 282 g/mol. The molecule has 0 aliphatic carbocycles. The van der Waals surface area contributed by atoms with E-state index in [1.165, 1.54) is 11.8 Å². The van der Waals surface area contributed by atoms with Crippen molar-refractivity contribution in [2.45, 2.75) is 23.4 Å². The average Bonchev–Trinajstić information content (AvgIpc) is 2.42. The van der Waals surface area contributed by atoms with Crippen molar-refractivity contribution in [3.8, 4) is 5.88 Å². The summed E-state index contributed by atoms with van der Waals surface area (Å²) in [5, 5.41) is 2.06. The maximum absolute atomic E-state index is 6.06. The second-order valence-electron chi connectivity index (χ2n) is 3.78. The fourth-order valence-electron chi connectivity index (χ4n) is 1.35. The van der Waals surface area contributed by atoms with Crippen molar-refractivity contribution < 1.29 is 4.74 Å². The molecule has 0 aliphatic heterocycles. The van der Waals surface area contributed by atoms with E-state index in [1.54, 1.807) is 24.4 Å². The Balaban J connectivity index is 2.19. The lowest BCUT2D eigenvalue weighted by Crippen LogP contribution is -2.01. The summed E-state index contributed by atoms with van der Waals surface area (Å²) in [7, 11) is 0. The smallest absolute Gasteiger partial charge is 0.238 e. The fourth-order valence-corrected chi connectivity index (χ4v) is 2.33. The average molecular weight is 296 g/mol. The Morgan fingerprint density at radius 1 is 1.37 bits per heavy atom. The van der Waals surface area contributed by atoms with Gasteiger partial charge in [-0.25, -0.2) is 9.97 Å². The van der Waals surface area contributed by atoms with Gasteiger partial charge in [0.25, 0.3) is 0 Å². The van der Waals surface area contributed by atoms with E-state index in [2.05, 4.69) is 9.97 Å². The van der Waals surface area contributed by atoms with Gasteiger partial charge in [0.05, 0.1) is 17.3 Å². The molecule has 0 radical (unpaired) electrons. The van der Waals surface area contributed by atoms with E-state index >= 15 is 0 Å². The van der Waals surface area contributed by atoms with Crippen LogP contribution in [0, 0.1) is 0 Å². The Kier molecular flexibility index (Phi) is 4.87. The second kappa shape index (κ2) is 6.63. The monoisotopic (exact) mass is 295 g/mol. The summed E-state index contributed by atoms with van der Waals surface area (Å²) in [5.41, 5.74) is 6.35. The first-order chi connectivity index (χ1) is 9.20. The van der Waals surface area contributed by atoms with Crippen LogP contribution in [-0.2, 0) is 0 Å². The Morgan fingerprint density at radius 3 is 2.95 bits per heavy atom. The van der Waals surface area contributed by atoms with Crippen LogP contribution in [0.5, 0.6) is 5.88 Å². The molecule has 2 aromatic heterocycles. The third-order valence-corrected chi connectivity index (χ3v) is 3.61. The molecule has 2 N–H and O–H groups in total. The van der Waals surface area contributed by atoms with Crippen molar-refractivity contribution in [2.75, 3.05) is 12.3 Å². The van der Waals surface area contributed by atoms with Crippen LogP contribution in [0.25, 0.3) is 0 Å². The third-order valence-electron chi connectivity index (χ3n) is 2.23. The van der Waals surface area contributed by atoms with Crippen LogP contribution in [0.2, 0.25) is 5.02 Å². The Morgan fingerprint density at radius 2 is 2.21 bits per heavy atom. The number of halogens is 1. The molecule has 0 atom stereocenters. The summed E-state index contributed by atoms with van der Waals surface area (Å²) in [6, 6.07) is 7.18. The summed E-state index contributed by atoms with van der Waals surface area (Å²) in [5.74, 6) is 0.457. The van der Waals surface area contributed by atoms with Crippen LogP contribution >= 0.6 is 23.4 Å². The van der Waals surface area contributed by atoms with E-state index in [-0.39, 0.29) is 0 Å². The van der Waals surface area contributed by atoms with Gasteiger partial charge >= 0.3 is 0 Å². The number of nitrogens with zero attached hydrogens (tertiary/aromatic N) is 2. The van der Waals surface area contributed by atoms with E-state index in [4.69, 9.17) is 22.1 Å². The molecule has 0 bridgehead atoms. The van der Waals surface area contributed by atoms with Crippen molar-refractivity contribution in [2.24, 2.45) is 0 Å². The molecule has 0 unspecified atom stereocenters. The summed E-state index contributed by atoms with van der Waals surface area (Å²) in [6.07, 6.45) is 2.60. The molecule has 0 saturated heterocycles. The predicted octanol–water partition coefficient (Wildman–Crippen LogP) is 3.65. The van der Waals surface area contributed by atoms with Crippen molar-refractivity contribution >= 4 is 29.1 Å². The lowest BCUT2D eigenvalue weighted by molar-refractivity contribution is 0.305. The van der Waals surface area contributed by atoms with E-state index in [0.29, 0.717) is 28.2 Å². The number of aromatic nitrogens is 2. The first-order valence-electron chi connectivity index (χ1n) is 5.88. The van der Waals surface area contributed by atoms with E-state index < -0.39 is 0 Å². The minimum atomic E-state index is 0.457. The lowest BCUT2D eigenvalue weighted by atomic mass is 10.4. The molecule has 100 valence electrons. The predicted molar refractivity (Wildman–Crippen MR) is 77.8 cm³/mol. The van der Waals surface area contributed by atoms with E-state index in [1.807, 2.05) is 13.0 Å². The number of pyridine rings is 2. The summed E-state index contributed by atoms with van der Waals surface area (Å²) in [4.78, 5) is 8.57. The first-order valence-corrected chi connectivity index (χ1v) is 7.08. The van der Waals surface area contributed by atoms with Gasteiger partial charge in [0, 0.05) is 6.20 Å². The van der Waals surface area contributed by atoms with Crippen molar-refractivity contribution in [1.29, 1.82) is 0 Å². The van der Waals surface area contributed by atoms with Crippen molar-refractivity contribution in [3.63, 3.8) is 0 Å². The van der Waals surface area contributed by atoms with Gasteiger partial charge < -0.3 is 10.5 Å². The number of nitrogen functional groups attached to an aromatic ring is 1. The number of hydrogen-bond donors (Lipinski definition) is 1. The van der Waals surface area contributed by atoms with Gasteiger partial charge in [-0.2, -0.15) is 0 Å². The van der Waals surface area contributed by atoms with Crippen molar-refractivity contribution in [1.82, 2.24) is 9.97 Å². The van der Waals surface area contributed by atoms with Gasteiger partial charge in [0.2, 0.25) is 5.88 Å². The Bertz CT molecular complexity index is 565. The maximum atomic E-state index is 6.06. The van der Waals surface area contributed by atoms with Gasteiger partial charge in [-0.05, 0) is 42.4 Å². The molecule has 0 aliphatic rings. The zero-order valence-corrected chi connectivity index (χ0v) is 12.0. The van der Waals surface area contributed by atoms with Gasteiger partial charge in [-0.15, -0.1) is 0 Å². The lowest BCUT2D eigenvalue weighted by Gasteiger charge is -2.08.